The molecule has 0 N–H and O–H groups in total. The van der Waals surface area contributed by atoms with E-state index < -0.39 is 23.1 Å². The molecule has 3 saturated carbocycles. The third-order valence-corrected chi connectivity index (χ3v) is 7.08. The second-order valence-electron chi connectivity index (χ2n) is 8.89. The summed E-state index contributed by atoms with van der Waals surface area (Å²) in [4.78, 5) is 13.2. The minimum absolute atomic E-state index is 0.00731. The van der Waals surface area contributed by atoms with Crippen molar-refractivity contribution in [3.05, 3.63) is 64.2 Å². The van der Waals surface area contributed by atoms with Gasteiger partial charge in [-0.1, -0.05) is 23.7 Å². The molecule has 156 valence electrons. The highest BCUT2D eigenvalue weighted by molar-refractivity contribution is 6.32. The summed E-state index contributed by atoms with van der Waals surface area (Å²) < 4.78 is 33.3. The molecule has 1 amide bonds. The van der Waals surface area contributed by atoms with Gasteiger partial charge >= 0.3 is 0 Å². The monoisotopic (exact) mass is 430 g/mol. The van der Waals surface area contributed by atoms with Crippen LogP contribution in [0.15, 0.2) is 41.5 Å². The van der Waals surface area contributed by atoms with E-state index in [0.717, 1.165) is 30.9 Å². The first-order chi connectivity index (χ1) is 14.3. The van der Waals surface area contributed by atoms with Crippen molar-refractivity contribution in [3.63, 3.8) is 0 Å². The first kappa shape index (κ1) is 19.5. The third kappa shape index (κ3) is 3.00. The molecular formula is C23H21ClF2N2O2. The number of halogens is 3. The zero-order valence-electron chi connectivity index (χ0n) is 16.5. The molecule has 2 bridgehead atoms. The number of nitrogens with zero attached hydrogens (tertiary/aromatic N) is 2. The second-order valence-corrected chi connectivity index (χ2v) is 9.27. The van der Waals surface area contributed by atoms with Crippen LogP contribution >= 0.6 is 11.6 Å². The summed E-state index contributed by atoms with van der Waals surface area (Å²) in [5, 5.41) is 6.26. The van der Waals surface area contributed by atoms with Crippen molar-refractivity contribution in [2.45, 2.75) is 38.6 Å². The van der Waals surface area contributed by atoms with Crippen molar-refractivity contribution >= 4 is 23.7 Å². The predicted molar refractivity (Wildman–Crippen MR) is 109 cm³/mol. The summed E-state index contributed by atoms with van der Waals surface area (Å²) in [5.74, 6) is -0.707. The average molecular weight is 431 g/mol. The topological polar surface area (TPSA) is 41.9 Å². The van der Waals surface area contributed by atoms with Crippen molar-refractivity contribution in [2.24, 2.45) is 15.9 Å². The van der Waals surface area contributed by atoms with Gasteiger partial charge in [0.05, 0.1) is 23.1 Å². The Morgan fingerprint density at radius 2 is 1.93 bits per heavy atom. The van der Waals surface area contributed by atoms with Gasteiger partial charge in [0.15, 0.2) is 0 Å². The number of hydrazone groups is 1. The molecule has 0 saturated heterocycles. The van der Waals surface area contributed by atoms with Crippen LogP contribution in [0.1, 0.15) is 42.9 Å². The van der Waals surface area contributed by atoms with Gasteiger partial charge < -0.3 is 4.74 Å². The highest BCUT2D eigenvalue weighted by atomic mass is 35.5. The quantitative estimate of drug-likeness (QED) is 0.634. The van der Waals surface area contributed by atoms with Gasteiger partial charge in [0, 0.05) is 24.1 Å². The van der Waals surface area contributed by atoms with Crippen LogP contribution in [0.3, 0.4) is 0 Å². The smallest absolute Gasteiger partial charge is 0.249 e. The summed E-state index contributed by atoms with van der Waals surface area (Å²) in [6.07, 6.45) is 4.29. The molecule has 4 aliphatic rings. The van der Waals surface area contributed by atoms with Gasteiger partial charge in [-0.15, -0.1) is 0 Å². The molecule has 0 radical (unpaired) electrons. The fraction of sp³-hybridized carbons (Fsp3) is 0.391. The van der Waals surface area contributed by atoms with E-state index in [4.69, 9.17) is 16.3 Å². The Hall–Kier alpha value is -2.47. The van der Waals surface area contributed by atoms with Crippen LogP contribution in [0.5, 0.6) is 5.75 Å². The second kappa shape index (κ2) is 6.77. The van der Waals surface area contributed by atoms with Gasteiger partial charge in [-0.25, -0.2) is 13.8 Å². The van der Waals surface area contributed by atoms with E-state index in [-0.39, 0.29) is 11.3 Å². The van der Waals surface area contributed by atoms with Crippen molar-refractivity contribution in [3.8, 4) is 5.75 Å². The molecule has 1 atom stereocenters. The van der Waals surface area contributed by atoms with Gasteiger partial charge in [0.25, 0.3) is 0 Å². The number of rotatable bonds is 5. The number of carbonyl (C=O) groups is 1. The molecule has 7 heteroatoms. The number of ether oxygens (including phenoxy) is 1. The molecule has 2 aromatic carbocycles. The van der Waals surface area contributed by atoms with Crippen molar-refractivity contribution in [1.82, 2.24) is 5.01 Å². The van der Waals surface area contributed by atoms with Gasteiger partial charge in [-0.2, -0.15) is 5.10 Å². The number of aryl methyl sites for hydroxylation is 1. The molecule has 30 heavy (non-hydrogen) atoms. The molecule has 1 unspecified atom stereocenters. The lowest BCUT2D eigenvalue weighted by Gasteiger charge is -2.69. The van der Waals surface area contributed by atoms with E-state index >= 15 is 0 Å². The van der Waals surface area contributed by atoms with Crippen LogP contribution in [-0.4, -0.2) is 23.7 Å². The van der Waals surface area contributed by atoms with Crippen molar-refractivity contribution in [1.29, 1.82) is 0 Å². The third-order valence-electron chi connectivity index (χ3n) is 6.59. The number of carbonyl (C=O) groups excluding carboxylic acids is 1. The maximum atomic E-state index is 13.6. The SMILES string of the molecule is Cc1cccc(OCC23CC(C(=O)N4N=CCC4c4cc(F)cc(F)c4)(C2)C3)c1Cl. The lowest BCUT2D eigenvalue weighted by atomic mass is 9.35. The van der Waals surface area contributed by atoms with Crippen LogP contribution in [-0.2, 0) is 4.79 Å². The minimum atomic E-state index is -0.652. The lowest BCUT2D eigenvalue weighted by molar-refractivity contribution is -0.226. The van der Waals surface area contributed by atoms with Gasteiger partial charge in [-0.05, 0) is 55.5 Å². The number of hydrogen-bond donors (Lipinski definition) is 0. The Kier molecular flexibility index (Phi) is 4.40. The molecule has 0 aromatic heterocycles. The van der Waals surface area contributed by atoms with Crippen LogP contribution in [0.4, 0.5) is 8.78 Å². The number of amides is 1. The van der Waals surface area contributed by atoms with E-state index in [1.165, 1.54) is 17.1 Å². The summed E-state index contributed by atoms with van der Waals surface area (Å²) in [7, 11) is 0. The highest BCUT2D eigenvalue weighted by Gasteiger charge is 2.72. The summed E-state index contributed by atoms with van der Waals surface area (Å²) >= 11 is 6.30. The molecule has 0 spiro atoms. The predicted octanol–water partition coefficient (Wildman–Crippen LogP) is 5.44. The van der Waals surface area contributed by atoms with Gasteiger partial charge in [-0.3, -0.25) is 4.79 Å². The summed E-state index contributed by atoms with van der Waals surface area (Å²) in [5.41, 5.74) is 0.945. The zero-order chi connectivity index (χ0) is 21.1. The molecule has 4 nitrogen and oxygen atoms in total. The van der Waals surface area contributed by atoms with E-state index in [0.29, 0.717) is 29.4 Å². The summed E-state index contributed by atoms with van der Waals surface area (Å²) in [6.45, 7) is 2.45. The first-order valence-electron chi connectivity index (χ1n) is 10.0. The minimum Gasteiger partial charge on any atom is -0.491 e. The average Bonchev–Trinajstić information content (AvgIpc) is 3.11. The Morgan fingerprint density at radius 3 is 2.63 bits per heavy atom. The maximum absolute atomic E-state index is 13.6. The molecule has 3 fully saturated rings. The largest absolute Gasteiger partial charge is 0.491 e. The first-order valence-corrected chi connectivity index (χ1v) is 10.4. The standard InChI is InChI=1S/C23H21ClF2N2O2/c1-14-3-2-4-19(20(14)24)30-13-22-10-23(11-22,12-22)21(29)28-18(5-6-27-28)15-7-16(25)9-17(26)8-15/h2-4,6-9,18H,5,10-13H2,1H3. The summed E-state index contributed by atoms with van der Waals surface area (Å²) in [6, 6.07) is 8.60. The van der Waals surface area contributed by atoms with E-state index in [1.807, 2.05) is 25.1 Å². The highest BCUT2D eigenvalue weighted by Crippen LogP contribution is 2.74. The van der Waals surface area contributed by atoms with E-state index in [2.05, 4.69) is 5.10 Å². The molecule has 1 heterocycles. The molecular weight excluding hydrogens is 410 g/mol. The Balaban J connectivity index is 1.24. The Labute approximate surface area is 178 Å². The molecule has 2 aromatic rings. The zero-order valence-corrected chi connectivity index (χ0v) is 17.3. The molecule has 3 aliphatic carbocycles. The van der Waals surface area contributed by atoms with Crippen LogP contribution in [0.2, 0.25) is 5.02 Å². The van der Waals surface area contributed by atoms with Crippen molar-refractivity contribution < 1.29 is 18.3 Å². The fourth-order valence-electron chi connectivity index (χ4n) is 5.24. The molecule has 1 aliphatic heterocycles. The number of hydrogen-bond acceptors (Lipinski definition) is 3. The lowest BCUT2D eigenvalue weighted by Crippen LogP contribution is -2.69. The Bertz CT molecular complexity index is 1030. The Morgan fingerprint density at radius 1 is 1.23 bits per heavy atom. The van der Waals surface area contributed by atoms with Gasteiger partial charge in [0.1, 0.15) is 17.4 Å². The maximum Gasteiger partial charge on any atom is 0.249 e. The van der Waals surface area contributed by atoms with E-state index in [9.17, 15) is 13.6 Å². The number of benzene rings is 2. The fourth-order valence-corrected chi connectivity index (χ4v) is 5.42. The van der Waals surface area contributed by atoms with Crippen molar-refractivity contribution in [2.75, 3.05) is 6.61 Å². The van der Waals surface area contributed by atoms with Gasteiger partial charge in [0.2, 0.25) is 5.91 Å². The van der Waals surface area contributed by atoms with Crippen LogP contribution in [0.25, 0.3) is 0 Å². The van der Waals surface area contributed by atoms with E-state index in [1.54, 1.807) is 6.21 Å². The normalized spacial score (nSPS) is 28.8. The van der Waals surface area contributed by atoms with Crippen LogP contribution < -0.4 is 4.74 Å². The molecule has 6 rings (SSSR count). The van der Waals surface area contributed by atoms with Crippen LogP contribution in [0, 0.1) is 29.4 Å².